The van der Waals surface area contributed by atoms with Crippen LogP contribution in [-0.4, -0.2) is 78.5 Å². The Labute approximate surface area is 193 Å². The Morgan fingerprint density at radius 2 is 2.00 bits per heavy atom. The van der Waals surface area contributed by atoms with Gasteiger partial charge in [0.15, 0.2) is 5.37 Å². The fraction of sp³-hybridized carbons (Fsp3) is 0.550. The molecule has 0 aliphatic carbocycles. The van der Waals surface area contributed by atoms with E-state index in [1.165, 1.54) is 11.8 Å². The predicted molar refractivity (Wildman–Crippen MR) is 119 cm³/mol. The molecular formula is C20H25FN4O5S2. The zero-order chi connectivity index (χ0) is 22.5. The summed E-state index contributed by atoms with van der Waals surface area (Å²) in [4.78, 5) is 40.3. The Hall–Kier alpha value is -2.02. The molecule has 0 aromatic heterocycles. The number of ether oxygens (including phenoxy) is 2. The van der Waals surface area contributed by atoms with Crippen LogP contribution in [0.25, 0.3) is 0 Å². The van der Waals surface area contributed by atoms with Crippen molar-refractivity contribution in [1.29, 1.82) is 0 Å². The number of halogens is 1. The van der Waals surface area contributed by atoms with Crippen molar-refractivity contribution in [3.05, 3.63) is 24.3 Å². The number of amides is 3. The summed E-state index contributed by atoms with van der Waals surface area (Å²) >= 11 is 2.23. The monoisotopic (exact) mass is 484 g/mol. The number of rotatable bonds is 6. The molecule has 3 amide bonds. The number of hydrogen-bond acceptors (Lipinski definition) is 9. The molecule has 0 radical (unpaired) electrons. The van der Waals surface area contributed by atoms with Gasteiger partial charge in [-0.3, -0.25) is 19.8 Å². The minimum Gasteiger partial charge on any atom is -0.448 e. The zero-order valence-electron chi connectivity index (χ0n) is 17.3. The summed E-state index contributed by atoms with van der Waals surface area (Å²) in [5, 5.41) is 6.68. The number of benzene rings is 1. The number of anilines is 1. The number of fused-ring (bicyclic) bond motifs is 1. The molecule has 3 heterocycles. The van der Waals surface area contributed by atoms with Crippen LogP contribution >= 0.6 is 23.5 Å². The average Bonchev–Trinajstić information content (AvgIpc) is 3.38. The van der Waals surface area contributed by atoms with Gasteiger partial charge in [0.1, 0.15) is 12.1 Å². The highest BCUT2D eigenvalue weighted by molar-refractivity contribution is 8.01. The molecule has 0 spiro atoms. The molecule has 4 rings (SSSR count). The Bertz CT molecular complexity index is 832. The number of alkyl halides is 1. The van der Waals surface area contributed by atoms with E-state index >= 15 is 0 Å². The highest BCUT2D eigenvalue weighted by Gasteiger charge is 2.42. The van der Waals surface area contributed by atoms with Crippen LogP contribution in [0.2, 0.25) is 0 Å². The smallest absolute Gasteiger partial charge is 0.413 e. The predicted octanol–water partition coefficient (Wildman–Crippen LogP) is 1.61. The largest absolute Gasteiger partial charge is 0.448 e. The standard InChI is InChI=1S/C20H25FN4O5S2/c21-15-11-12(16(26)24-20(28)30-10-7-25-5-8-29-9-6-25)18(32-15)23-17(27)19-22-13-3-1-2-4-14(13)31-19/h1-4,12,15,18-19,22H,5-11H2,(H,23,27)(H,24,26,28). The molecular weight excluding hydrogens is 459 g/mol. The fourth-order valence-electron chi connectivity index (χ4n) is 3.65. The lowest BCUT2D eigenvalue weighted by atomic mass is 10.1. The molecule has 1 aromatic carbocycles. The van der Waals surface area contributed by atoms with Crippen LogP contribution in [0.3, 0.4) is 0 Å². The van der Waals surface area contributed by atoms with Crippen LogP contribution in [-0.2, 0) is 19.1 Å². The fourth-order valence-corrected chi connectivity index (χ4v) is 5.93. The van der Waals surface area contributed by atoms with Crippen molar-refractivity contribution < 1.29 is 28.2 Å². The highest BCUT2D eigenvalue weighted by Crippen LogP contribution is 2.40. The summed E-state index contributed by atoms with van der Waals surface area (Å²) in [5.74, 6) is -1.88. The number of morpholine rings is 1. The molecule has 9 nitrogen and oxygen atoms in total. The van der Waals surface area contributed by atoms with Gasteiger partial charge in [-0.25, -0.2) is 9.18 Å². The maximum atomic E-state index is 14.1. The number of alkyl carbamates (subject to hydrolysis) is 1. The Morgan fingerprint density at radius 1 is 1.22 bits per heavy atom. The van der Waals surface area contributed by atoms with E-state index in [4.69, 9.17) is 9.47 Å². The van der Waals surface area contributed by atoms with Gasteiger partial charge in [-0.1, -0.05) is 35.7 Å². The highest BCUT2D eigenvalue weighted by atomic mass is 32.2. The van der Waals surface area contributed by atoms with E-state index in [1.54, 1.807) is 0 Å². The Morgan fingerprint density at radius 3 is 2.78 bits per heavy atom. The molecule has 4 atom stereocenters. The molecule has 174 valence electrons. The number of para-hydroxylation sites is 1. The van der Waals surface area contributed by atoms with Gasteiger partial charge in [-0.15, -0.1) is 0 Å². The van der Waals surface area contributed by atoms with Crippen molar-refractivity contribution >= 4 is 47.1 Å². The lowest BCUT2D eigenvalue weighted by Crippen LogP contribution is -2.47. The number of carbonyl (C=O) groups is 3. The summed E-state index contributed by atoms with van der Waals surface area (Å²) in [5.41, 5.74) is -0.455. The van der Waals surface area contributed by atoms with Gasteiger partial charge in [0, 0.05) is 36.6 Å². The normalized spacial score (nSPS) is 27.3. The van der Waals surface area contributed by atoms with Crippen LogP contribution in [0.4, 0.5) is 14.9 Å². The van der Waals surface area contributed by atoms with Gasteiger partial charge >= 0.3 is 6.09 Å². The molecule has 2 fully saturated rings. The van der Waals surface area contributed by atoms with E-state index in [1.807, 2.05) is 24.3 Å². The first kappa shape index (κ1) is 23.1. The van der Waals surface area contributed by atoms with Crippen LogP contribution in [0.5, 0.6) is 0 Å². The second-order valence-corrected chi connectivity index (χ2v) is 9.97. The number of nitrogens with zero attached hydrogens (tertiary/aromatic N) is 1. The molecule has 2 saturated heterocycles. The number of thioether (sulfide) groups is 2. The van der Waals surface area contributed by atoms with Gasteiger partial charge in [-0.2, -0.15) is 0 Å². The van der Waals surface area contributed by atoms with E-state index in [2.05, 4.69) is 20.9 Å². The van der Waals surface area contributed by atoms with Gasteiger partial charge < -0.3 is 20.1 Å². The first-order valence-corrected chi connectivity index (χ1v) is 12.2. The lowest BCUT2D eigenvalue weighted by Gasteiger charge is -2.26. The first-order chi connectivity index (χ1) is 15.5. The second-order valence-electron chi connectivity index (χ2n) is 7.54. The molecule has 3 aliphatic heterocycles. The van der Waals surface area contributed by atoms with Gasteiger partial charge in [0.25, 0.3) is 5.91 Å². The van der Waals surface area contributed by atoms with Crippen LogP contribution in [0, 0.1) is 5.92 Å². The van der Waals surface area contributed by atoms with Crippen LogP contribution < -0.4 is 16.0 Å². The minimum absolute atomic E-state index is 0.0893. The number of imide groups is 1. The zero-order valence-corrected chi connectivity index (χ0v) is 18.9. The number of hydrogen-bond donors (Lipinski definition) is 3. The van der Waals surface area contributed by atoms with Crippen molar-refractivity contribution in [3.63, 3.8) is 0 Å². The van der Waals surface area contributed by atoms with Crippen LogP contribution in [0.1, 0.15) is 6.42 Å². The quantitative estimate of drug-likeness (QED) is 0.555. The number of carbonyl (C=O) groups excluding carboxylic acids is 3. The molecule has 1 aromatic rings. The molecule has 0 bridgehead atoms. The number of nitrogens with one attached hydrogen (secondary N) is 3. The maximum absolute atomic E-state index is 14.1. The summed E-state index contributed by atoms with van der Waals surface area (Å²) in [6.45, 7) is 3.49. The van der Waals surface area contributed by atoms with Gasteiger partial charge in [0.2, 0.25) is 5.91 Å². The second kappa shape index (κ2) is 10.7. The third-order valence-corrected chi connectivity index (χ3v) is 7.75. The van der Waals surface area contributed by atoms with E-state index in [0.717, 1.165) is 35.4 Å². The van der Waals surface area contributed by atoms with E-state index in [0.29, 0.717) is 19.8 Å². The SMILES string of the molecule is O=C(NC(=O)C1CC(F)SC1NC(=O)C1Nc2ccccc2S1)OCCN1CCOCC1. The van der Waals surface area contributed by atoms with Gasteiger partial charge in [-0.05, 0) is 12.1 Å². The van der Waals surface area contributed by atoms with Crippen LogP contribution in [0.15, 0.2) is 29.2 Å². The molecule has 12 heteroatoms. The summed E-state index contributed by atoms with van der Waals surface area (Å²) in [6, 6.07) is 7.53. The van der Waals surface area contributed by atoms with E-state index in [9.17, 15) is 18.8 Å². The summed E-state index contributed by atoms with van der Waals surface area (Å²) in [7, 11) is 0. The third-order valence-electron chi connectivity index (χ3n) is 5.35. The molecule has 3 N–H and O–H groups in total. The maximum Gasteiger partial charge on any atom is 0.413 e. The van der Waals surface area contributed by atoms with Gasteiger partial charge in [0.05, 0.1) is 24.5 Å². The van der Waals surface area contributed by atoms with E-state index < -0.39 is 34.2 Å². The van der Waals surface area contributed by atoms with Crippen molar-refractivity contribution in [2.45, 2.75) is 27.6 Å². The topological polar surface area (TPSA) is 109 Å². The lowest BCUT2D eigenvalue weighted by molar-refractivity contribution is -0.125. The summed E-state index contributed by atoms with van der Waals surface area (Å²) < 4.78 is 24.4. The van der Waals surface area contributed by atoms with Crippen molar-refractivity contribution in [1.82, 2.24) is 15.5 Å². The molecule has 32 heavy (non-hydrogen) atoms. The van der Waals surface area contributed by atoms with E-state index in [-0.39, 0.29) is 18.9 Å². The van der Waals surface area contributed by atoms with Crippen molar-refractivity contribution in [3.8, 4) is 0 Å². The third kappa shape index (κ3) is 5.85. The van der Waals surface area contributed by atoms with Crippen molar-refractivity contribution in [2.75, 3.05) is 44.8 Å². The first-order valence-electron chi connectivity index (χ1n) is 10.4. The minimum atomic E-state index is -1.31. The summed E-state index contributed by atoms with van der Waals surface area (Å²) in [6.07, 6.45) is -0.961. The van der Waals surface area contributed by atoms with Crippen molar-refractivity contribution in [2.24, 2.45) is 5.92 Å². The Kier molecular flexibility index (Phi) is 7.76. The Balaban J connectivity index is 1.24. The molecule has 4 unspecified atom stereocenters. The average molecular weight is 485 g/mol. The molecule has 3 aliphatic rings. The molecule has 0 saturated carbocycles.